The van der Waals surface area contributed by atoms with Crippen LogP contribution in [-0.4, -0.2) is 21.8 Å². The molecule has 0 fully saturated rings. The van der Waals surface area contributed by atoms with E-state index in [9.17, 15) is 14.0 Å². The second kappa shape index (κ2) is 5.42. The Labute approximate surface area is 106 Å². The Hall–Kier alpha value is -1.20. The van der Waals surface area contributed by atoms with E-state index in [4.69, 9.17) is 28.3 Å². The van der Waals surface area contributed by atoms with Crippen molar-refractivity contribution in [1.82, 2.24) is 4.98 Å². The third kappa shape index (κ3) is 2.92. The first-order valence-electron chi connectivity index (χ1n) is 4.67. The van der Waals surface area contributed by atoms with Crippen molar-refractivity contribution in [3.63, 3.8) is 0 Å². The molecule has 0 aliphatic heterocycles. The zero-order valence-corrected chi connectivity index (χ0v) is 10.2. The highest BCUT2D eigenvalue weighted by Crippen LogP contribution is 2.23. The fourth-order valence-corrected chi connectivity index (χ4v) is 1.69. The van der Waals surface area contributed by atoms with Gasteiger partial charge in [-0.15, -0.1) is 0 Å². The molecular weight excluding hydrogens is 272 g/mol. The molecule has 92 valence electrons. The van der Waals surface area contributed by atoms with Gasteiger partial charge in [0.2, 0.25) is 0 Å². The second-order valence-electron chi connectivity index (χ2n) is 3.26. The van der Waals surface area contributed by atoms with Crippen LogP contribution in [0.4, 0.5) is 4.39 Å². The summed E-state index contributed by atoms with van der Waals surface area (Å²) in [6.07, 6.45) is 0.0781. The number of aliphatic carboxylic acids is 1. The maximum absolute atomic E-state index is 13.1. The monoisotopic (exact) mass is 279 g/mol. The lowest BCUT2D eigenvalue weighted by atomic mass is 9.96. The molecule has 0 spiro atoms. The molecule has 1 rings (SSSR count). The summed E-state index contributed by atoms with van der Waals surface area (Å²) in [6, 6.07) is 0.797. The molecule has 0 saturated carbocycles. The van der Waals surface area contributed by atoms with Crippen molar-refractivity contribution in [1.29, 1.82) is 0 Å². The average molecular weight is 280 g/mol. The van der Waals surface area contributed by atoms with Crippen LogP contribution in [0.2, 0.25) is 10.3 Å². The molecule has 0 aliphatic rings. The molecule has 4 nitrogen and oxygen atoms in total. The van der Waals surface area contributed by atoms with Gasteiger partial charge >= 0.3 is 5.97 Å². The van der Waals surface area contributed by atoms with Crippen molar-refractivity contribution < 1.29 is 19.1 Å². The minimum Gasteiger partial charge on any atom is -0.481 e. The van der Waals surface area contributed by atoms with Gasteiger partial charge in [0.25, 0.3) is 0 Å². The number of pyridine rings is 1. The molecular formula is C10H8Cl2FNO3. The van der Waals surface area contributed by atoms with E-state index in [1.807, 2.05) is 0 Å². The summed E-state index contributed by atoms with van der Waals surface area (Å²) in [5.41, 5.74) is -0.275. The van der Waals surface area contributed by atoms with Crippen LogP contribution in [0.15, 0.2) is 6.07 Å². The summed E-state index contributed by atoms with van der Waals surface area (Å²) in [4.78, 5) is 26.0. The highest BCUT2D eigenvalue weighted by molar-refractivity contribution is 6.35. The van der Waals surface area contributed by atoms with Gasteiger partial charge in [-0.25, -0.2) is 9.37 Å². The third-order valence-corrected chi connectivity index (χ3v) is 2.73. The third-order valence-electron chi connectivity index (χ3n) is 2.17. The lowest BCUT2D eigenvalue weighted by Gasteiger charge is -2.09. The number of nitrogens with zero attached hydrogens (tertiary/aromatic N) is 1. The number of hydrogen-bond acceptors (Lipinski definition) is 3. The van der Waals surface area contributed by atoms with Gasteiger partial charge in [-0.05, 0) is 12.5 Å². The van der Waals surface area contributed by atoms with Crippen LogP contribution in [-0.2, 0) is 4.79 Å². The van der Waals surface area contributed by atoms with Crippen LogP contribution in [0, 0.1) is 11.7 Å². The lowest BCUT2D eigenvalue weighted by Crippen LogP contribution is -2.23. The lowest BCUT2D eigenvalue weighted by molar-refractivity contribution is -0.140. The molecule has 1 N–H and O–H groups in total. The summed E-state index contributed by atoms with van der Waals surface area (Å²) in [6.45, 7) is 1.53. The molecule has 0 amide bonds. The molecule has 0 aliphatic carbocycles. The van der Waals surface area contributed by atoms with Gasteiger partial charge in [-0.2, -0.15) is 0 Å². The van der Waals surface area contributed by atoms with E-state index >= 15 is 0 Å². The molecule has 0 radical (unpaired) electrons. The number of carbonyl (C=O) groups excluding carboxylic acids is 1. The summed E-state index contributed by atoms with van der Waals surface area (Å²) in [5, 5.41) is 8.05. The van der Waals surface area contributed by atoms with E-state index in [1.165, 1.54) is 6.92 Å². The highest BCUT2D eigenvalue weighted by atomic mass is 35.5. The smallest absolute Gasteiger partial charge is 0.314 e. The first-order valence-corrected chi connectivity index (χ1v) is 5.42. The normalized spacial score (nSPS) is 12.2. The minimum absolute atomic E-state index is 0.0781. The molecule has 0 aromatic carbocycles. The summed E-state index contributed by atoms with van der Waals surface area (Å²) in [5.74, 6) is -4.26. The summed E-state index contributed by atoms with van der Waals surface area (Å²) < 4.78 is 13.1. The van der Waals surface area contributed by atoms with Crippen LogP contribution >= 0.6 is 23.2 Å². The van der Waals surface area contributed by atoms with Gasteiger partial charge in [-0.3, -0.25) is 9.59 Å². The topological polar surface area (TPSA) is 67.3 Å². The second-order valence-corrected chi connectivity index (χ2v) is 3.98. The number of hydrogen-bond donors (Lipinski definition) is 1. The fraction of sp³-hybridized carbons (Fsp3) is 0.300. The largest absolute Gasteiger partial charge is 0.481 e. The maximum Gasteiger partial charge on any atom is 0.314 e. The predicted octanol–water partition coefficient (Wildman–Crippen LogP) is 2.82. The Bertz CT molecular complexity index is 479. The van der Waals surface area contributed by atoms with Gasteiger partial charge in [-0.1, -0.05) is 30.1 Å². The van der Waals surface area contributed by atoms with Crippen LogP contribution in [0.25, 0.3) is 0 Å². The first kappa shape index (κ1) is 13.9. The van der Waals surface area contributed by atoms with Crippen LogP contribution in [0.1, 0.15) is 23.7 Å². The maximum atomic E-state index is 13.1. The average Bonchev–Trinajstić information content (AvgIpc) is 2.23. The Morgan fingerprint density at radius 1 is 1.47 bits per heavy atom. The molecule has 7 heteroatoms. The standard InChI is InChI=1S/C10H8Cl2FNO3/c1-2-4(10(16)17)7(15)5-3-6(13)9(12)14-8(5)11/h3-4H,2H2,1H3,(H,16,17)/t4-/m0/s1. The minimum atomic E-state index is -1.29. The highest BCUT2D eigenvalue weighted by Gasteiger charge is 2.28. The van der Waals surface area contributed by atoms with Gasteiger partial charge in [0, 0.05) is 0 Å². The number of aromatic nitrogens is 1. The molecule has 0 unspecified atom stereocenters. The van der Waals surface area contributed by atoms with Gasteiger partial charge in [0.15, 0.2) is 16.8 Å². The van der Waals surface area contributed by atoms with Crippen molar-refractivity contribution in [2.24, 2.45) is 5.92 Å². The Morgan fingerprint density at radius 3 is 2.53 bits per heavy atom. The zero-order valence-electron chi connectivity index (χ0n) is 8.71. The Balaban J connectivity index is 3.20. The molecule has 1 aromatic heterocycles. The quantitative estimate of drug-likeness (QED) is 0.523. The molecule has 1 aromatic rings. The summed E-state index contributed by atoms with van der Waals surface area (Å²) in [7, 11) is 0. The Kier molecular flexibility index (Phi) is 4.42. The van der Waals surface area contributed by atoms with E-state index < -0.39 is 28.6 Å². The first-order chi connectivity index (χ1) is 7.88. The van der Waals surface area contributed by atoms with E-state index in [2.05, 4.69) is 4.98 Å². The molecule has 1 heterocycles. The van der Waals surface area contributed by atoms with Gasteiger partial charge in [0.05, 0.1) is 5.56 Å². The van der Waals surface area contributed by atoms with Crippen molar-refractivity contribution in [2.75, 3.05) is 0 Å². The molecule has 17 heavy (non-hydrogen) atoms. The van der Waals surface area contributed by atoms with Crippen molar-refractivity contribution in [3.8, 4) is 0 Å². The van der Waals surface area contributed by atoms with Crippen molar-refractivity contribution in [3.05, 3.63) is 27.8 Å². The number of Topliss-reactive ketones (excluding diaryl/α,β-unsaturated/α-hetero) is 1. The molecule has 0 saturated heterocycles. The van der Waals surface area contributed by atoms with Crippen LogP contribution in [0.3, 0.4) is 0 Å². The van der Waals surface area contributed by atoms with E-state index in [0.29, 0.717) is 0 Å². The SMILES string of the molecule is CC[C@H](C(=O)O)C(=O)c1cc(F)c(Cl)nc1Cl. The number of ketones is 1. The van der Waals surface area contributed by atoms with E-state index in [-0.39, 0.29) is 17.1 Å². The van der Waals surface area contributed by atoms with E-state index in [1.54, 1.807) is 0 Å². The van der Waals surface area contributed by atoms with E-state index in [0.717, 1.165) is 6.07 Å². The summed E-state index contributed by atoms with van der Waals surface area (Å²) >= 11 is 11.0. The molecule has 0 bridgehead atoms. The zero-order chi connectivity index (χ0) is 13.2. The van der Waals surface area contributed by atoms with Crippen LogP contribution in [0.5, 0.6) is 0 Å². The number of carbonyl (C=O) groups is 2. The fourth-order valence-electron chi connectivity index (χ4n) is 1.28. The number of rotatable bonds is 4. The predicted molar refractivity (Wildman–Crippen MR) is 60.0 cm³/mol. The van der Waals surface area contributed by atoms with Gasteiger partial charge < -0.3 is 5.11 Å². The van der Waals surface area contributed by atoms with Crippen molar-refractivity contribution >= 4 is 35.0 Å². The van der Waals surface area contributed by atoms with Crippen LogP contribution < -0.4 is 0 Å². The number of carboxylic acid groups (broad SMARTS) is 1. The number of carboxylic acids is 1. The van der Waals surface area contributed by atoms with Crippen molar-refractivity contribution in [2.45, 2.75) is 13.3 Å². The molecule has 1 atom stereocenters. The number of halogens is 3. The Morgan fingerprint density at radius 2 is 2.06 bits per heavy atom. The van der Waals surface area contributed by atoms with Gasteiger partial charge in [0.1, 0.15) is 11.1 Å².